The molecule has 2 N–H and O–H groups in total. The van der Waals surface area contributed by atoms with E-state index in [1.165, 1.54) is 25.9 Å². The fourth-order valence-corrected chi connectivity index (χ4v) is 3.00. The number of piperidine rings is 1. The van der Waals surface area contributed by atoms with E-state index >= 15 is 0 Å². The summed E-state index contributed by atoms with van der Waals surface area (Å²) in [6, 6.07) is 7.65. The minimum Gasteiger partial charge on any atom is -0.324 e. The summed E-state index contributed by atoms with van der Waals surface area (Å²) in [5, 5.41) is 6.14. The van der Waals surface area contributed by atoms with Crippen LogP contribution in [0.15, 0.2) is 28.7 Å². The van der Waals surface area contributed by atoms with Crippen LogP contribution >= 0.6 is 15.9 Å². The van der Waals surface area contributed by atoms with Crippen molar-refractivity contribution in [3.63, 3.8) is 0 Å². The molecule has 0 spiro atoms. The Labute approximate surface area is 135 Å². The number of carbonyl (C=O) groups excluding carboxylic acids is 1. The first-order valence-corrected chi connectivity index (χ1v) is 8.38. The first kappa shape index (κ1) is 16.5. The number of amides is 1. The fourth-order valence-electron chi connectivity index (χ4n) is 2.62. The molecule has 0 radical (unpaired) electrons. The standard InChI is InChI=1S/C16H24BrN3O/c1-20-10-7-13(8-11-20)6-9-18-12-16(21)19-15-5-3-2-4-14(15)17/h2-5,13,18H,6-12H2,1H3,(H,19,21). The predicted octanol–water partition coefficient (Wildman–Crippen LogP) is 2.71. The molecular weight excluding hydrogens is 330 g/mol. The minimum absolute atomic E-state index is 0.00489. The summed E-state index contributed by atoms with van der Waals surface area (Å²) in [4.78, 5) is 14.2. The maximum Gasteiger partial charge on any atom is 0.238 e. The zero-order valence-electron chi connectivity index (χ0n) is 12.6. The van der Waals surface area contributed by atoms with Gasteiger partial charge in [-0.15, -0.1) is 0 Å². The molecule has 1 aromatic carbocycles. The molecule has 4 nitrogen and oxygen atoms in total. The number of nitrogens with zero attached hydrogens (tertiary/aromatic N) is 1. The van der Waals surface area contributed by atoms with E-state index in [4.69, 9.17) is 0 Å². The summed E-state index contributed by atoms with van der Waals surface area (Å²) < 4.78 is 0.907. The van der Waals surface area contributed by atoms with Gasteiger partial charge >= 0.3 is 0 Å². The van der Waals surface area contributed by atoms with Crippen molar-refractivity contribution in [2.24, 2.45) is 5.92 Å². The zero-order chi connectivity index (χ0) is 15.1. The molecule has 1 aliphatic heterocycles. The van der Waals surface area contributed by atoms with Gasteiger partial charge in [-0.3, -0.25) is 4.79 Å². The average Bonchev–Trinajstić information content (AvgIpc) is 2.48. The van der Waals surface area contributed by atoms with Crippen molar-refractivity contribution in [3.05, 3.63) is 28.7 Å². The van der Waals surface area contributed by atoms with Gasteiger partial charge < -0.3 is 15.5 Å². The fraction of sp³-hybridized carbons (Fsp3) is 0.562. The largest absolute Gasteiger partial charge is 0.324 e. The van der Waals surface area contributed by atoms with Crippen molar-refractivity contribution in [1.82, 2.24) is 10.2 Å². The summed E-state index contributed by atoms with van der Waals surface area (Å²) in [5.74, 6) is 0.810. The Kier molecular flexibility index (Phi) is 6.67. The van der Waals surface area contributed by atoms with Gasteiger partial charge in [0.2, 0.25) is 5.91 Å². The third kappa shape index (κ3) is 5.77. The molecule has 0 saturated carbocycles. The van der Waals surface area contributed by atoms with Gasteiger partial charge in [-0.1, -0.05) is 12.1 Å². The van der Waals surface area contributed by atoms with Crippen molar-refractivity contribution in [2.75, 3.05) is 38.5 Å². The number of halogens is 1. The van der Waals surface area contributed by atoms with Crippen LogP contribution in [-0.2, 0) is 4.79 Å². The highest BCUT2D eigenvalue weighted by Gasteiger charge is 2.16. The van der Waals surface area contributed by atoms with Crippen LogP contribution in [0.25, 0.3) is 0 Å². The van der Waals surface area contributed by atoms with Crippen molar-refractivity contribution >= 4 is 27.5 Å². The third-order valence-corrected chi connectivity index (χ3v) is 4.69. The van der Waals surface area contributed by atoms with Crippen LogP contribution in [0.1, 0.15) is 19.3 Å². The molecule has 1 aromatic rings. The Bertz CT molecular complexity index is 459. The quantitative estimate of drug-likeness (QED) is 0.772. The highest BCUT2D eigenvalue weighted by atomic mass is 79.9. The van der Waals surface area contributed by atoms with Crippen molar-refractivity contribution in [2.45, 2.75) is 19.3 Å². The molecule has 0 bridgehead atoms. The number of likely N-dealkylation sites (tertiary alicyclic amines) is 1. The number of nitrogens with one attached hydrogen (secondary N) is 2. The molecule has 1 saturated heterocycles. The van der Waals surface area contributed by atoms with Gasteiger partial charge in [-0.25, -0.2) is 0 Å². The SMILES string of the molecule is CN1CCC(CCNCC(=O)Nc2ccccc2Br)CC1. The lowest BCUT2D eigenvalue weighted by molar-refractivity contribution is -0.115. The summed E-state index contributed by atoms with van der Waals surface area (Å²) in [6.07, 6.45) is 3.72. The molecule has 0 unspecified atom stereocenters. The molecule has 2 rings (SSSR count). The molecule has 0 aliphatic carbocycles. The highest BCUT2D eigenvalue weighted by Crippen LogP contribution is 2.21. The molecule has 1 fully saturated rings. The summed E-state index contributed by atoms with van der Waals surface area (Å²) in [7, 11) is 2.18. The minimum atomic E-state index is 0.00489. The van der Waals surface area contributed by atoms with Crippen LogP contribution in [-0.4, -0.2) is 44.0 Å². The second-order valence-corrected chi connectivity index (χ2v) is 6.59. The Morgan fingerprint density at radius 2 is 2.05 bits per heavy atom. The summed E-state index contributed by atoms with van der Waals surface area (Å²) in [5.41, 5.74) is 0.819. The number of rotatable bonds is 6. The van der Waals surface area contributed by atoms with E-state index in [1.807, 2.05) is 24.3 Å². The number of carbonyl (C=O) groups is 1. The summed E-state index contributed by atoms with van der Waals surface area (Å²) >= 11 is 3.42. The van der Waals surface area contributed by atoms with Gasteiger partial charge in [0.25, 0.3) is 0 Å². The lowest BCUT2D eigenvalue weighted by atomic mass is 9.94. The first-order chi connectivity index (χ1) is 10.1. The molecular formula is C16H24BrN3O. The molecule has 1 heterocycles. The molecule has 116 valence electrons. The van der Waals surface area contributed by atoms with E-state index < -0.39 is 0 Å². The number of hydrogen-bond acceptors (Lipinski definition) is 3. The van der Waals surface area contributed by atoms with Crippen LogP contribution in [0.3, 0.4) is 0 Å². The third-order valence-electron chi connectivity index (χ3n) is 4.00. The Balaban J connectivity index is 1.60. The van der Waals surface area contributed by atoms with Crippen LogP contribution in [0.4, 0.5) is 5.69 Å². The summed E-state index contributed by atoms with van der Waals surface area (Å²) in [6.45, 7) is 3.69. The second-order valence-electron chi connectivity index (χ2n) is 5.74. The molecule has 1 amide bonds. The van der Waals surface area contributed by atoms with E-state index in [1.54, 1.807) is 0 Å². The van der Waals surface area contributed by atoms with Gasteiger partial charge in [-0.05, 0) is 79.9 Å². The van der Waals surface area contributed by atoms with Gasteiger partial charge in [0, 0.05) is 4.47 Å². The van der Waals surface area contributed by atoms with Crippen LogP contribution in [0.2, 0.25) is 0 Å². The lowest BCUT2D eigenvalue weighted by Gasteiger charge is -2.28. The first-order valence-electron chi connectivity index (χ1n) is 7.59. The average molecular weight is 354 g/mol. The molecule has 0 atom stereocenters. The van der Waals surface area contributed by atoms with Crippen molar-refractivity contribution in [3.8, 4) is 0 Å². The molecule has 21 heavy (non-hydrogen) atoms. The lowest BCUT2D eigenvalue weighted by Crippen LogP contribution is -2.33. The zero-order valence-corrected chi connectivity index (χ0v) is 14.2. The number of para-hydroxylation sites is 1. The second kappa shape index (κ2) is 8.51. The topological polar surface area (TPSA) is 44.4 Å². The highest BCUT2D eigenvalue weighted by molar-refractivity contribution is 9.10. The Morgan fingerprint density at radius 1 is 1.33 bits per heavy atom. The van der Waals surface area contributed by atoms with E-state index in [0.717, 1.165) is 29.0 Å². The maximum absolute atomic E-state index is 11.9. The van der Waals surface area contributed by atoms with Crippen molar-refractivity contribution in [1.29, 1.82) is 0 Å². The van der Waals surface area contributed by atoms with Crippen LogP contribution < -0.4 is 10.6 Å². The monoisotopic (exact) mass is 353 g/mol. The van der Waals surface area contributed by atoms with Gasteiger partial charge in [-0.2, -0.15) is 0 Å². The van der Waals surface area contributed by atoms with Gasteiger partial charge in [0.15, 0.2) is 0 Å². The number of hydrogen-bond donors (Lipinski definition) is 2. The molecule has 5 heteroatoms. The van der Waals surface area contributed by atoms with E-state index in [9.17, 15) is 4.79 Å². The Hall–Kier alpha value is -0.910. The number of anilines is 1. The van der Waals surface area contributed by atoms with E-state index in [2.05, 4.69) is 38.5 Å². The van der Waals surface area contributed by atoms with Gasteiger partial charge in [0.05, 0.1) is 12.2 Å². The molecule has 1 aliphatic rings. The van der Waals surface area contributed by atoms with Crippen LogP contribution in [0, 0.1) is 5.92 Å². The van der Waals surface area contributed by atoms with E-state index in [0.29, 0.717) is 6.54 Å². The van der Waals surface area contributed by atoms with Crippen LogP contribution in [0.5, 0.6) is 0 Å². The van der Waals surface area contributed by atoms with E-state index in [-0.39, 0.29) is 5.91 Å². The number of benzene rings is 1. The van der Waals surface area contributed by atoms with Gasteiger partial charge in [0.1, 0.15) is 0 Å². The normalized spacial score (nSPS) is 16.9. The van der Waals surface area contributed by atoms with Crippen molar-refractivity contribution < 1.29 is 4.79 Å². The molecule has 0 aromatic heterocycles. The predicted molar refractivity (Wildman–Crippen MR) is 90.5 cm³/mol. The maximum atomic E-state index is 11.9. The Morgan fingerprint density at radius 3 is 2.76 bits per heavy atom. The smallest absolute Gasteiger partial charge is 0.238 e.